The molecule has 0 saturated carbocycles. The zero-order valence-corrected chi connectivity index (χ0v) is 18.7. The van der Waals surface area contributed by atoms with Gasteiger partial charge in [0.25, 0.3) is 0 Å². The van der Waals surface area contributed by atoms with Crippen LogP contribution in [0.3, 0.4) is 0 Å². The molecule has 2 aromatic carbocycles. The highest BCUT2D eigenvalue weighted by molar-refractivity contribution is 7.99. The van der Waals surface area contributed by atoms with Crippen LogP contribution in [0.2, 0.25) is 0 Å². The molecule has 0 saturated heterocycles. The summed E-state index contributed by atoms with van der Waals surface area (Å²) in [5.74, 6) is 1.48. The smallest absolute Gasteiger partial charge is 0.231 e. The number of nitrogens with one attached hydrogen (secondary N) is 1. The number of aromatic nitrogens is 4. The second-order valence-corrected chi connectivity index (χ2v) is 8.43. The Kier molecular flexibility index (Phi) is 5.91. The second kappa shape index (κ2) is 9.30. The van der Waals surface area contributed by atoms with Crippen LogP contribution in [0, 0.1) is 0 Å². The molecule has 164 valence electrons. The Morgan fingerprint density at radius 1 is 1.06 bits per heavy atom. The summed E-state index contributed by atoms with van der Waals surface area (Å²) in [4.78, 5) is 16.9. The first-order chi connectivity index (χ1) is 16.2. The SMILES string of the molecule is CC(NC(=O)CSc1nnc(-c2cccnc2)n1-c1ccccc1)c1cc2ccccc2o1. The number of furan rings is 1. The molecule has 3 heterocycles. The first kappa shape index (κ1) is 21.0. The molecule has 1 N–H and O–H groups in total. The summed E-state index contributed by atoms with van der Waals surface area (Å²) in [5.41, 5.74) is 2.57. The molecule has 5 rings (SSSR count). The van der Waals surface area contributed by atoms with Crippen molar-refractivity contribution in [2.75, 3.05) is 5.75 Å². The first-order valence-corrected chi connectivity index (χ1v) is 11.5. The molecule has 5 aromatic rings. The van der Waals surface area contributed by atoms with Crippen molar-refractivity contribution < 1.29 is 9.21 Å². The number of nitrogens with zero attached hydrogens (tertiary/aromatic N) is 4. The van der Waals surface area contributed by atoms with Crippen molar-refractivity contribution in [3.8, 4) is 17.1 Å². The van der Waals surface area contributed by atoms with Crippen LogP contribution in [-0.2, 0) is 4.79 Å². The lowest BCUT2D eigenvalue weighted by molar-refractivity contribution is -0.119. The molecule has 3 aromatic heterocycles. The molecule has 1 atom stereocenters. The number of carbonyl (C=O) groups excluding carboxylic acids is 1. The van der Waals surface area contributed by atoms with Crippen molar-refractivity contribution in [2.45, 2.75) is 18.1 Å². The highest BCUT2D eigenvalue weighted by atomic mass is 32.2. The molecule has 7 nitrogen and oxygen atoms in total. The summed E-state index contributed by atoms with van der Waals surface area (Å²) in [5, 5.41) is 13.4. The Bertz CT molecular complexity index is 1350. The van der Waals surface area contributed by atoms with E-state index in [2.05, 4.69) is 20.5 Å². The van der Waals surface area contributed by atoms with Gasteiger partial charge in [-0.25, -0.2) is 0 Å². The van der Waals surface area contributed by atoms with Gasteiger partial charge in [-0.1, -0.05) is 48.2 Å². The van der Waals surface area contributed by atoms with Crippen LogP contribution in [0.5, 0.6) is 0 Å². The van der Waals surface area contributed by atoms with Crippen molar-refractivity contribution in [3.63, 3.8) is 0 Å². The maximum atomic E-state index is 12.7. The summed E-state index contributed by atoms with van der Waals surface area (Å²) in [6.07, 6.45) is 3.47. The number of fused-ring (bicyclic) bond motifs is 1. The zero-order valence-electron chi connectivity index (χ0n) is 17.9. The van der Waals surface area contributed by atoms with Crippen molar-refractivity contribution >= 4 is 28.6 Å². The van der Waals surface area contributed by atoms with Gasteiger partial charge < -0.3 is 9.73 Å². The highest BCUT2D eigenvalue weighted by Gasteiger charge is 2.19. The van der Waals surface area contributed by atoms with E-state index in [-0.39, 0.29) is 17.7 Å². The first-order valence-electron chi connectivity index (χ1n) is 10.5. The minimum atomic E-state index is -0.247. The third-order valence-corrected chi connectivity index (χ3v) is 6.08. The molecule has 0 aliphatic heterocycles. The average molecular weight is 456 g/mol. The number of thioether (sulfide) groups is 1. The molecule has 33 heavy (non-hydrogen) atoms. The standard InChI is InChI=1S/C25H21N5O2S/c1-17(22-14-18-8-5-6-12-21(18)32-22)27-23(31)16-33-25-29-28-24(19-9-7-13-26-15-19)30(25)20-10-3-2-4-11-20/h2-15,17H,16H2,1H3,(H,27,31). The molecular weight excluding hydrogens is 434 g/mol. The fourth-order valence-electron chi connectivity index (χ4n) is 3.56. The van der Waals surface area contributed by atoms with Crippen molar-refractivity contribution in [2.24, 2.45) is 0 Å². The summed E-state index contributed by atoms with van der Waals surface area (Å²) >= 11 is 1.33. The van der Waals surface area contributed by atoms with Crippen LogP contribution in [-0.4, -0.2) is 31.4 Å². The van der Waals surface area contributed by atoms with Crippen LogP contribution in [0.25, 0.3) is 28.0 Å². The van der Waals surface area contributed by atoms with Gasteiger partial charge in [-0.05, 0) is 43.3 Å². The monoisotopic (exact) mass is 455 g/mol. The van der Waals surface area contributed by atoms with E-state index in [1.807, 2.05) is 84.3 Å². The van der Waals surface area contributed by atoms with E-state index in [4.69, 9.17) is 4.42 Å². The van der Waals surface area contributed by atoms with Crippen LogP contribution >= 0.6 is 11.8 Å². The third-order valence-electron chi connectivity index (χ3n) is 5.15. The van der Waals surface area contributed by atoms with Gasteiger partial charge in [0.2, 0.25) is 5.91 Å². The van der Waals surface area contributed by atoms with Crippen LogP contribution in [0.15, 0.2) is 94.8 Å². The normalized spacial score (nSPS) is 12.0. The Balaban J connectivity index is 1.33. The van der Waals surface area contributed by atoms with Gasteiger partial charge >= 0.3 is 0 Å². The maximum Gasteiger partial charge on any atom is 0.231 e. The second-order valence-electron chi connectivity index (χ2n) is 7.48. The van der Waals surface area contributed by atoms with Gasteiger partial charge in [-0.15, -0.1) is 10.2 Å². The molecule has 1 amide bonds. The lowest BCUT2D eigenvalue weighted by atomic mass is 10.2. The molecule has 0 spiro atoms. The number of carbonyl (C=O) groups is 1. The van der Waals surface area contributed by atoms with Crippen molar-refractivity contribution in [3.05, 3.63) is 91.0 Å². The van der Waals surface area contributed by atoms with Gasteiger partial charge in [0.15, 0.2) is 11.0 Å². The molecule has 0 bridgehead atoms. The number of para-hydroxylation sites is 2. The maximum absolute atomic E-state index is 12.7. The summed E-state index contributed by atoms with van der Waals surface area (Å²) < 4.78 is 7.81. The predicted octanol–water partition coefficient (Wildman–Crippen LogP) is 5.05. The average Bonchev–Trinajstić information content (AvgIpc) is 3.48. The Labute approximate surface area is 194 Å². The van der Waals surface area contributed by atoms with E-state index in [0.29, 0.717) is 11.0 Å². The lowest BCUT2D eigenvalue weighted by Crippen LogP contribution is -2.28. The Morgan fingerprint density at radius 3 is 2.67 bits per heavy atom. The largest absolute Gasteiger partial charge is 0.459 e. The van der Waals surface area contributed by atoms with Gasteiger partial charge in [-0.3, -0.25) is 14.3 Å². The fourth-order valence-corrected chi connectivity index (χ4v) is 4.32. The topological polar surface area (TPSA) is 85.8 Å². The van der Waals surface area contributed by atoms with Gasteiger partial charge in [-0.2, -0.15) is 0 Å². The zero-order chi connectivity index (χ0) is 22.6. The summed E-state index contributed by atoms with van der Waals surface area (Å²) in [6, 6.07) is 23.1. The number of hydrogen-bond donors (Lipinski definition) is 1. The van der Waals surface area contributed by atoms with E-state index in [9.17, 15) is 4.79 Å². The Morgan fingerprint density at radius 2 is 1.88 bits per heavy atom. The van der Waals surface area contributed by atoms with Crippen LogP contribution < -0.4 is 5.32 Å². The van der Waals surface area contributed by atoms with Gasteiger partial charge in [0.05, 0.1) is 11.8 Å². The van der Waals surface area contributed by atoms with Crippen molar-refractivity contribution in [1.82, 2.24) is 25.1 Å². The fraction of sp³-hybridized carbons (Fsp3) is 0.120. The predicted molar refractivity (Wildman–Crippen MR) is 128 cm³/mol. The summed E-state index contributed by atoms with van der Waals surface area (Å²) in [7, 11) is 0. The van der Waals surface area contributed by atoms with Gasteiger partial charge in [0, 0.05) is 29.0 Å². The molecule has 0 radical (unpaired) electrons. The van der Waals surface area contributed by atoms with E-state index < -0.39 is 0 Å². The van der Waals surface area contributed by atoms with E-state index in [0.717, 1.165) is 28.0 Å². The molecule has 1 unspecified atom stereocenters. The quantitative estimate of drug-likeness (QED) is 0.346. The van der Waals surface area contributed by atoms with Crippen molar-refractivity contribution in [1.29, 1.82) is 0 Å². The minimum Gasteiger partial charge on any atom is -0.459 e. The number of amides is 1. The lowest BCUT2D eigenvalue weighted by Gasteiger charge is -2.12. The van der Waals surface area contributed by atoms with E-state index in [1.165, 1.54) is 11.8 Å². The molecular formula is C25H21N5O2S. The van der Waals surface area contributed by atoms with Crippen LogP contribution in [0.1, 0.15) is 18.7 Å². The highest BCUT2D eigenvalue weighted by Crippen LogP contribution is 2.28. The number of pyridine rings is 1. The molecule has 0 aliphatic rings. The van der Waals surface area contributed by atoms with E-state index >= 15 is 0 Å². The minimum absolute atomic E-state index is 0.113. The number of rotatable bonds is 7. The Hall–Kier alpha value is -3.91. The number of benzene rings is 2. The number of hydrogen-bond acceptors (Lipinski definition) is 6. The molecule has 0 fully saturated rings. The summed E-state index contributed by atoms with van der Waals surface area (Å²) in [6.45, 7) is 1.91. The third kappa shape index (κ3) is 4.51. The van der Waals surface area contributed by atoms with E-state index in [1.54, 1.807) is 12.4 Å². The van der Waals surface area contributed by atoms with Gasteiger partial charge in [0.1, 0.15) is 11.3 Å². The molecule has 0 aliphatic carbocycles. The van der Waals surface area contributed by atoms with Crippen LogP contribution in [0.4, 0.5) is 0 Å². The molecule has 8 heteroatoms.